The van der Waals surface area contributed by atoms with Crippen LogP contribution in [0.1, 0.15) is 29.8 Å². The van der Waals surface area contributed by atoms with Gasteiger partial charge in [-0.2, -0.15) is 0 Å². The molecule has 16 heavy (non-hydrogen) atoms. The third kappa shape index (κ3) is 2.30. The number of aromatic amines is 1. The van der Waals surface area contributed by atoms with Crippen LogP contribution in [-0.2, 0) is 0 Å². The van der Waals surface area contributed by atoms with E-state index in [1.54, 1.807) is 12.1 Å². The number of nitrogens with two attached hydrogens (primary N) is 1. The quantitative estimate of drug-likeness (QED) is 0.670. The Bertz CT molecular complexity index is 449. The number of nitrogens with one attached hydrogen (secondary N) is 2. The minimum absolute atomic E-state index is 0.245. The van der Waals surface area contributed by atoms with Crippen LogP contribution in [-0.4, -0.2) is 23.0 Å². The van der Waals surface area contributed by atoms with Crippen molar-refractivity contribution in [3.63, 3.8) is 0 Å². The molecule has 0 saturated heterocycles. The molecule has 4 N–H and O–H groups in total. The van der Waals surface area contributed by atoms with Crippen LogP contribution in [0, 0.1) is 0 Å². The van der Waals surface area contributed by atoms with E-state index in [0.29, 0.717) is 6.54 Å². The molecule has 1 amide bonds. The molecule has 5 nitrogen and oxygen atoms in total. The zero-order valence-corrected chi connectivity index (χ0v) is 8.95. The highest BCUT2D eigenvalue weighted by Gasteiger charge is 2.32. The minimum atomic E-state index is -0.283. The number of hydrogen-bond acceptors (Lipinski definition) is 3. The number of amides is 1. The van der Waals surface area contributed by atoms with Gasteiger partial charge in [0.2, 0.25) is 5.56 Å². The van der Waals surface area contributed by atoms with Gasteiger partial charge in [0, 0.05) is 18.2 Å². The summed E-state index contributed by atoms with van der Waals surface area (Å²) in [5, 5.41) is 2.73. The van der Waals surface area contributed by atoms with E-state index < -0.39 is 0 Å². The molecule has 2 rings (SSSR count). The van der Waals surface area contributed by atoms with Gasteiger partial charge in [-0.15, -0.1) is 0 Å². The van der Waals surface area contributed by atoms with Gasteiger partial charge in [0.15, 0.2) is 0 Å². The number of carbonyl (C=O) groups excluding carboxylic acids is 1. The van der Waals surface area contributed by atoms with Crippen molar-refractivity contribution in [3.8, 4) is 0 Å². The number of aromatic nitrogens is 1. The summed E-state index contributed by atoms with van der Waals surface area (Å²) in [4.78, 5) is 25.1. The smallest absolute Gasteiger partial charge is 0.267 e. The molecular weight excluding hydrogens is 206 g/mol. The standard InChI is InChI=1S/C11H15N3O2/c12-11(5-2-6-11)7-13-10(16)8-3-1-4-9(15)14-8/h1,3-4H,2,5-7,12H2,(H,13,16)(H,14,15). The fourth-order valence-corrected chi connectivity index (χ4v) is 1.74. The maximum atomic E-state index is 11.6. The fourth-order valence-electron chi connectivity index (χ4n) is 1.74. The normalized spacial score (nSPS) is 17.6. The lowest BCUT2D eigenvalue weighted by atomic mass is 9.78. The molecule has 0 atom stereocenters. The van der Waals surface area contributed by atoms with Crippen LogP contribution in [0.2, 0.25) is 0 Å². The molecule has 1 aliphatic carbocycles. The number of carbonyl (C=O) groups is 1. The highest BCUT2D eigenvalue weighted by atomic mass is 16.2. The Morgan fingerprint density at radius 1 is 1.50 bits per heavy atom. The first kappa shape index (κ1) is 10.9. The van der Waals surface area contributed by atoms with Crippen LogP contribution in [0.3, 0.4) is 0 Å². The van der Waals surface area contributed by atoms with Gasteiger partial charge in [0.25, 0.3) is 5.91 Å². The van der Waals surface area contributed by atoms with E-state index in [0.717, 1.165) is 19.3 Å². The fraction of sp³-hybridized carbons (Fsp3) is 0.455. The van der Waals surface area contributed by atoms with E-state index in [1.165, 1.54) is 6.07 Å². The van der Waals surface area contributed by atoms with Gasteiger partial charge in [0.05, 0.1) is 0 Å². The lowest BCUT2D eigenvalue weighted by Gasteiger charge is -2.38. The molecule has 1 fully saturated rings. The molecule has 1 aromatic rings. The average Bonchev–Trinajstić information content (AvgIpc) is 2.23. The molecular formula is C11H15N3O2. The number of rotatable bonds is 3. The predicted molar refractivity (Wildman–Crippen MR) is 60.2 cm³/mol. The molecule has 0 bridgehead atoms. The van der Waals surface area contributed by atoms with Crippen molar-refractivity contribution in [2.75, 3.05) is 6.54 Å². The Morgan fingerprint density at radius 2 is 2.25 bits per heavy atom. The summed E-state index contributed by atoms with van der Waals surface area (Å²) >= 11 is 0. The van der Waals surface area contributed by atoms with Gasteiger partial charge in [-0.05, 0) is 25.3 Å². The molecule has 5 heteroatoms. The monoisotopic (exact) mass is 221 g/mol. The number of pyridine rings is 1. The molecule has 0 unspecified atom stereocenters. The highest BCUT2D eigenvalue weighted by Crippen LogP contribution is 2.27. The van der Waals surface area contributed by atoms with Gasteiger partial charge < -0.3 is 16.0 Å². The van der Waals surface area contributed by atoms with Crippen molar-refractivity contribution in [2.45, 2.75) is 24.8 Å². The summed E-state index contributed by atoms with van der Waals surface area (Å²) < 4.78 is 0. The molecule has 1 saturated carbocycles. The molecule has 1 heterocycles. The van der Waals surface area contributed by atoms with E-state index in [9.17, 15) is 9.59 Å². The minimum Gasteiger partial charge on any atom is -0.349 e. The topological polar surface area (TPSA) is 88.0 Å². The van der Waals surface area contributed by atoms with Crippen LogP contribution < -0.4 is 16.6 Å². The van der Waals surface area contributed by atoms with Gasteiger partial charge in [0.1, 0.15) is 5.69 Å². The van der Waals surface area contributed by atoms with E-state index in [2.05, 4.69) is 10.3 Å². The Kier molecular flexibility index (Phi) is 2.78. The van der Waals surface area contributed by atoms with E-state index >= 15 is 0 Å². The van der Waals surface area contributed by atoms with Gasteiger partial charge in [-0.1, -0.05) is 6.07 Å². The van der Waals surface area contributed by atoms with Crippen molar-refractivity contribution in [1.29, 1.82) is 0 Å². The molecule has 1 aromatic heterocycles. The van der Waals surface area contributed by atoms with Crippen molar-refractivity contribution >= 4 is 5.91 Å². The van der Waals surface area contributed by atoms with E-state index in [4.69, 9.17) is 5.73 Å². The van der Waals surface area contributed by atoms with Gasteiger partial charge in [-0.3, -0.25) is 9.59 Å². The Hall–Kier alpha value is -1.62. The van der Waals surface area contributed by atoms with Crippen molar-refractivity contribution < 1.29 is 4.79 Å². The number of hydrogen-bond donors (Lipinski definition) is 3. The Morgan fingerprint density at radius 3 is 2.81 bits per heavy atom. The van der Waals surface area contributed by atoms with E-state index in [1.807, 2.05) is 0 Å². The van der Waals surface area contributed by atoms with Crippen molar-refractivity contribution in [2.24, 2.45) is 5.73 Å². The zero-order valence-electron chi connectivity index (χ0n) is 8.95. The molecule has 0 aliphatic heterocycles. The second kappa shape index (κ2) is 4.09. The zero-order chi connectivity index (χ0) is 11.6. The van der Waals surface area contributed by atoms with Gasteiger partial charge >= 0.3 is 0 Å². The van der Waals surface area contributed by atoms with Crippen LogP contribution in [0.25, 0.3) is 0 Å². The lowest BCUT2D eigenvalue weighted by Crippen LogP contribution is -2.55. The first-order chi connectivity index (χ1) is 7.59. The lowest BCUT2D eigenvalue weighted by molar-refractivity contribution is 0.0924. The Labute approximate surface area is 93.0 Å². The van der Waals surface area contributed by atoms with Gasteiger partial charge in [-0.25, -0.2) is 0 Å². The summed E-state index contributed by atoms with van der Waals surface area (Å²) in [6.45, 7) is 0.461. The summed E-state index contributed by atoms with van der Waals surface area (Å²) in [6.07, 6.45) is 3.01. The first-order valence-corrected chi connectivity index (χ1v) is 5.36. The average molecular weight is 221 g/mol. The Balaban J connectivity index is 1.95. The molecule has 0 radical (unpaired) electrons. The van der Waals surface area contributed by atoms with Crippen LogP contribution in [0.4, 0.5) is 0 Å². The SMILES string of the molecule is NC1(CNC(=O)c2cccc(=O)[nH]2)CCC1. The first-order valence-electron chi connectivity index (χ1n) is 5.36. The van der Waals surface area contributed by atoms with Crippen molar-refractivity contribution in [3.05, 3.63) is 34.2 Å². The molecule has 1 aliphatic rings. The van der Waals surface area contributed by atoms with Crippen LogP contribution in [0.5, 0.6) is 0 Å². The third-order valence-electron chi connectivity index (χ3n) is 2.96. The van der Waals surface area contributed by atoms with Crippen molar-refractivity contribution in [1.82, 2.24) is 10.3 Å². The highest BCUT2D eigenvalue weighted by molar-refractivity contribution is 5.92. The molecule has 0 spiro atoms. The van der Waals surface area contributed by atoms with Crippen LogP contribution >= 0.6 is 0 Å². The maximum Gasteiger partial charge on any atom is 0.267 e. The largest absolute Gasteiger partial charge is 0.349 e. The molecule has 86 valence electrons. The summed E-state index contributed by atoms with van der Waals surface area (Å²) in [7, 11) is 0. The second-order valence-electron chi connectivity index (χ2n) is 4.33. The summed E-state index contributed by atoms with van der Waals surface area (Å²) in [6, 6.07) is 4.49. The maximum absolute atomic E-state index is 11.6. The second-order valence-corrected chi connectivity index (χ2v) is 4.33. The third-order valence-corrected chi connectivity index (χ3v) is 2.96. The predicted octanol–water partition coefficient (Wildman–Crippen LogP) is -0.0139. The van der Waals surface area contributed by atoms with Crippen LogP contribution in [0.15, 0.2) is 23.0 Å². The molecule has 0 aromatic carbocycles. The van der Waals surface area contributed by atoms with E-state index in [-0.39, 0.29) is 22.7 Å². The summed E-state index contributed by atoms with van der Waals surface area (Å²) in [5.41, 5.74) is 5.72. The number of H-pyrrole nitrogens is 1. The summed E-state index contributed by atoms with van der Waals surface area (Å²) in [5.74, 6) is -0.283.